The van der Waals surface area contributed by atoms with Crippen LogP contribution in [0.5, 0.6) is 0 Å². The van der Waals surface area contributed by atoms with Crippen molar-refractivity contribution in [1.82, 2.24) is 0 Å². The molecule has 0 saturated heterocycles. The molecular formula is C16H26O3. The van der Waals surface area contributed by atoms with Gasteiger partial charge in [-0.2, -0.15) is 0 Å². The normalized spacial score (nSPS) is 35.4. The van der Waals surface area contributed by atoms with Gasteiger partial charge in [-0.1, -0.05) is 33.8 Å². The Hall–Kier alpha value is -0.830. The fraction of sp³-hybridized carbons (Fsp3) is 0.812. The summed E-state index contributed by atoms with van der Waals surface area (Å²) >= 11 is 0. The minimum absolute atomic E-state index is 0.0281. The predicted octanol–water partition coefficient (Wildman–Crippen LogP) is 3.34. The Morgan fingerprint density at radius 2 is 2.00 bits per heavy atom. The lowest BCUT2D eigenvalue weighted by atomic mass is 9.88. The monoisotopic (exact) mass is 266 g/mol. The first kappa shape index (κ1) is 14.6. The average molecular weight is 266 g/mol. The standard InChI is InChI=1S/C16H26O3/c1-11(2)14(17)18-8-9-19-16-10-12(3)6-7-13(16)15(16,4)5/h12-13H,1,6-10H2,2-5H3. The molecule has 0 radical (unpaired) electrons. The van der Waals surface area contributed by atoms with Gasteiger partial charge in [-0.25, -0.2) is 4.79 Å². The molecule has 3 heteroatoms. The van der Waals surface area contributed by atoms with E-state index in [0.29, 0.717) is 24.7 Å². The van der Waals surface area contributed by atoms with Gasteiger partial charge in [-0.05, 0) is 37.0 Å². The lowest BCUT2D eigenvalue weighted by molar-refractivity contribution is -0.142. The quantitative estimate of drug-likeness (QED) is 0.435. The van der Waals surface area contributed by atoms with E-state index in [1.165, 1.54) is 12.8 Å². The number of rotatable bonds is 5. The first-order valence-electron chi connectivity index (χ1n) is 7.28. The molecule has 2 fully saturated rings. The fourth-order valence-electron chi connectivity index (χ4n) is 3.82. The average Bonchev–Trinajstić information content (AvgIpc) is 2.80. The molecule has 2 aliphatic rings. The van der Waals surface area contributed by atoms with Gasteiger partial charge in [-0.15, -0.1) is 0 Å². The molecular weight excluding hydrogens is 240 g/mol. The lowest BCUT2D eigenvalue weighted by Crippen LogP contribution is -2.29. The number of esters is 1. The Bertz CT molecular complexity index is 385. The van der Waals surface area contributed by atoms with Gasteiger partial charge in [0.25, 0.3) is 0 Å². The zero-order valence-corrected chi connectivity index (χ0v) is 12.6. The summed E-state index contributed by atoms with van der Waals surface area (Å²) in [5, 5.41) is 0. The van der Waals surface area contributed by atoms with E-state index in [-0.39, 0.29) is 17.0 Å². The Morgan fingerprint density at radius 1 is 1.32 bits per heavy atom. The second-order valence-corrected chi connectivity index (χ2v) is 6.82. The highest BCUT2D eigenvalue weighted by atomic mass is 16.6. The van der Waals surface area contributed by atoms with E-state index in [0.717, 1.165) is 12.3 Å². The molecule has 2 rings (SSSR count). The first-order valence-corrected chi connectivity index (χ1v) is 7.28. The molecule has 0 spiro atoms. The van der Waals surface area contributed by atoms with Gasteiger partial charge in [0.15, 0.2) is 0 Å². The Labute approximate surface area is 116 Å². The topological polar surface area (TPSA) is 35.5 Å². The fourth-order valence-corrected chi connectivity index (χ4v) is 3.82. The van der Waals surface area contributed by atoms with Crippen molar-refractivity contribution >= 4 is 5.97 Å². The highest BCUT2D eigenvalue weighted by Gasteiger charge is 2.72. The molecule has 0 aromatic rings. The summed E-state index contributed by atoms with van der Waals surface area (Å²) in [4.78, 5) is 11.3. The van der Waals surface area contributed by atoms with Crippen LogP contribution in [0.4, 0.5) is 0 Å². The number of hydrogen-bond donors (Lipinski definition) is 0. The molecule has 3 atom stereocenters. The van der Waals surface area contributed by atoms with Crippen LogP contribution >= 0.6 is 0 Å². The molecule has 0 aromatic carbocycles. The summed E-state index contributed by atoms with van der Waals surface area (Å²) in [6.45, 7) is 12.9. The molecule has 2 saturated carbocycles. The Morgan fingerprint density at radius 3 is 2.63 bits per heavy atom. The minimum atomic E-state index is -0.329. The summed E-state index contributed by atoms with van der Waals surface area (Å²) < 4.78 is 11.2. The molecule has 3 nitrogen and oxygen atoms in total. The third kappa shape index (κ3) is 2.45. The summed E-state index contributed by atoms with van der Waals surface area (Å²) in [7, 11) is 0. The molecule has 0 aromatic heterocycles. The molecule has 2 aliphatic carbocycles. The lowest BCUT2D eigenvalue weighted by Gasteiger charge is -2.28. The maximum Gasteiger partial charge on any atom is 0.333 e. The van der Waals surface area contributed by atoms with E-state index in [1.54, 1.807) is 6.92 Å². The van der Waals surface area contributed by atoms with Crippen molar-refractivity contribution in [2.24, 2.45) is 17.3 Å². The molecule has 19 heavy (non-hydrogen) atoms. The van der Waals surface area contributed by atoms with Crippen molar-refractivity contribution < 1.29 is 14.3 Å². The summed E-state index contributed by atoms with van der Waals surface area (Å²) in [5.41, 5.74) is 0.741. The third-order valence-corrected chi connectivity index (χ3v) is 5.07. The largest absolute Gasteiger partial charge is 0.460 e. The van der Waals surface area contributed by atoms with Crippen LogP contribution in [0.2, 0.25) is 0 Å². The molecule has 0 aliphatic heterocycles. The maximum absolute atomic E-state index is 11.3. The maximum atomic E-state index is 11.3. The van der Waals surface area contributed by atoms with Crippen LogP contribution in [0.3, 0.4) is 0 Å². The highest BCUT2D eigenvalue weighted by molar-refractivity contribution is 5.86. The number of fused-ring (bicyclic) bond motifs is 1. The Balaban J connectivity index is 1.82. The second-order valence-electron chi connectivity index (χ2n) is 6.82. The minimum Gasteiger partial charge on any atom is -0.460 e. The van der Waals surface area contributed by atoms with E-state index < -0.39 is 0 Å². The molecule has 0 N–H and O–H groups in total. The van der Waals surface area contributed by atoms with Crippen LogP contribution in [0.1, 0.15) is 47.0 Å². The second kappa shape index (κ2) is 4.93. The van der Waals surface area contributed by atoms with Gasteiger partial charge in [0.05, 0.1) is 12.2 Å². The van der Waals surface area contributed by atoms with E-state index in [9.17, 15) is 4.79 Å². The van der Waals surface area contributed by atoms with Crippen LogP contribution < -0.4 is 0 Å². The van der Waals surface area contributed by atoms with Crippen LogP contribution in [0.25, 0.3) is 0 Å². The molecule has 108 valence electrons. The summed E-state index contributed by atoms with van der Waals surface area (Å²) in [6.07, 6.45) is 3.71. The van der Waals surface area contributed by atoms with Gasteiger partial charge < -0.3 is 9.47 Å². The predicted molar refractivity (Wildman–Crippen MR) is 74.7 cm³/mol. The van der Waals surface area contributed by atoms with Crippen molar-refractivity contribution in [2.45, 2.75) is 52.6 Å². The number of carbonyl (C=O) groups excluding carboxylic acids is 1. The van der Waals surface area contributed by atoms with Crippen LogP contribution in [0.15, 0.2) is 12.2 Å². The van der Waals surface area contributed by atoms with E-state index in [4.69, 9.17) is 9.47 Å². The van der Waals surface area contributed by atoms with Gasteiger partial charge >= 0.3 is 5.97 Å². The smallest absolute Gasteiger partial charge is 0.333 e. The van der Waals surface area contributed by atoms with Crippen molar-refractivity contribution in [3.05, 3.63) is 12.2 Å². The molecule has 0 amide bonds. The van der Waals surface area contributed by atoms with Crippen LogP contribution in [-0.2, 0) is 14.3 Å². The summed E-state index contributed by atoms with van der Waals surface area (Å²) in [5.74, 6) is 1.08. The molecule has 3 unspecified atom stereocenters. The highest BCUT2D eigenvalue weighted by Crippen LogP contribution is 2.70. The molecule has 0 bridgehead atoms. The van der Waals surface area contributed by atoms with Crippen LogP contribution in [0, 0.1) is 17.3 Å². The van der Waals surface area contributed by atoms with Gasteiger partial charge in [0.1, 0.15) is 6.61 Å². The number of ether oxygens (including phenoxy) is 2. The van der Waals surface area contributed by atoms with Gasteiger partial charge in [0, 0.05) is 5.57 Å². The number of hydrogen-bond acceptors (Lipinski definition) is 3. The van der Waals surface area contributed by atoms with Gasteiger partial charge in [0.2, 0.25) is 0 Å². The van der Waals surface area contributed by atoms with Crippen molar-refractivity contribution in [3.63, 3.8) is 0 Å². The van der Waals surface area contributed by atoms with Crippen molar-refractivity contribution in [1.29, 1.82) is 0 Å². The van der Waals surface area contributed by atoms with E-state index >= 15 is 0 Å². The SMILES string of the molecule is C=C(C)C(=O)OCCOC12CC(C)CCC1C2(C)C. The zero-order chi connectivity index (χ0) is 14.3. The first-order chi connectivity index (χ1) is 8.81. The third-order valence-electron chi connectivity index (χ3n) is 5.07. The summed E-state index contributed by atoms with van der Waals surface area (Å²) in [6, 6.07) is 0. The van der Waals surface area contributed by atoms with Crippen LogP contribution in [-0.4, -0.2) is 24.8 Å². The molecule has 0 heterocycles. The van der Waals surface area contributed by atoms with E-state index in [1.807, 2.05) is 0 Å². The number of carbonyl (C=O) groups is 1. The van der Waals surface area contributed by atoms with Crippen molar-refractivity contribution in [2.75, 3.05) is 13.2 Å². The van der Waals surface area contributed by atoms with Gasteiger partial charge in [-0.3, -0.25) is 0 Å². The zero-order valence-electron chi connectivity index (χ0n) is 12.6. The van der Waals surface area contributed by atoms with Crippen molar-refractivity contribution in [3.8, 4) is 0 Å². The Kier molecular flexibility index (Phi) is 3.78. The van der Waals surface area contributed by atoms with E-state index in [2.05, 4.69) is 27.4 Å².